The van der Waals surface area contributed by atoms with Crippen LogP contribution in [0.1, 0.15) is 25.7 Å². The van der Waals surface area contributed by atoms with Crippen LogP contribution in [0.5, 0.6) is 5.75 Å². The number of amides is 3. The van der Waals surface area contributed by atoms with Crippen molar-refractivity contribution in [1.82, 2.24) is 15.8 Å². The molecule has 3 amide bonds. The Balaban J connectivity index is 1.61. The molecule has 0 aliphatic carbocycles. The standard InChI is InChI=1S/C21H23ClN4O5/c1-30-17-8-6-13(20-24-16-12-14(22)7-9-18(16)31-20)11-15(17)25-21(28)23-10-4-2-3-5-19(27)26-29/h6-9,11-12,29H,2-5,10H2,1H3,(H,26,27)(H2,23,25,28). The second kappa shape index (κ2) is 10.6. The number of carbonyl (C=O) groups excluding carboxylic acids is 2. The molecule has 0 unspecified atom stereocenters. The van der Waals surface area contributed by atoms with Crippen LogP contribution in [0.2, 0.25) is 5.02 Å². The van der Waals surface area contributed by atoms with Crippen molar-refractivity contribution < 1.29 is 24.0 Å². The Morgan fingerprint density at radius 1 is 1.16 bits per heavy atom. The van der Waals surface area contributed by atoms with E-state index in [-0.39, 0.29) is 12.5 Å². The van der Waals surface area contributed by atoms with Crippen LogP contribution in [0, 0.1) is 0 Å². The fraction of sp³-hybridized carbons (Fsp3) is 0.286. The number of nitrogens with zero attached hydrogens (tertiary/aromatic N) is 1. The number of oxazole rings is 1. The van der Waals surface area contributed by atoms with Gasteiger partial charge in [-0.25, -0.2) is 15.3 Å². The Morgan fingerprint density at radius 2 is 2.00 bits per heavy atom. The van der Waals surface area contributed by atoms with Gasteiger partial charge < -0.3 is 19.8 Å². The third-order valence-electron chi connectivity index (χ3n) is 4.54. The summed E-state index contributed by atoms with van der Waals surface area (Å²) in [6, 6.07) is 10.0. The number of unbranched alkanes of at least 4 members (excludes halogenated alkanes) is 2. The number of fused-ring (bicyclic) bond motifs is 1. The minimum absolute atomic E-state index is 0.245. The summed E-state index contributed by atoms with van der Waals surface area (Å²) >= 11 is 6.01. The van der Waals surface area contributed by atoms with Gasteiger partial charge in [0, 0.05) is 23.6 Å². The largest absolute Gasteiger partial charge is 0.495 e. The molecule has 10 heteroatoms. The summed E-state index contributed by atoms with van der Waals surface area (Å²) in [7, 11) is 1.52. The van der Waals surface area contributed by atoms with Crippen molar-refractivity contribution in [1.29, 1.82) is 0 Å². The number of ether oxygens (including phenoxy) is 1. The van der Waals surface area contributed by atoms with Gasteiger partial charge in [0.05, 0.1) is 12.8 Å². The number of anilines is 1. The van der Waals surface area contributed by atoms with Gasteiger partial charge in [0.15, 0.2) is 5.58 Å². The van der Waals surface area contributed by atoms with E-state index in [0.29, 0.717) is 58.4 Å². The Labute approximate surface area is 183 Å². The van der Waals surface area contributed by atoms with Crippen LogP contribution in [0.15, 0.2) is 40.8 Å². The van der Waals surface area contributed by atoms with Crippen LogP contribution in [0.25, 0.3) is 22.6 Å². The molecule has 0 saturated carbocycles. The lowest BCUT2D eigenvalue weighted by molar-refractivity contribution is -0.129. The summed E-state index contributed by atoms with van der Waals surface area (Å²) < 4.78 is 11.1. The smallest absolute Gasteiger partial charge is 0.319 e. The van der Waals surface area contributed by atoms with E-state index in [1.165, 1.54) is 7.11 Å². The number of urea groups is 1. The van der Waals surface area contributed by atoms with E-state index in [2.05, 4.69) is 15.6 Å². The maximum Gasteiger partial charge on any atom is 0.319 e. The van der Waals surface area contributed by atoms with E-state index in [1.807, 2.05) is 0 Å². The Kier molecular flexibility index (Phi) is 7.69. The third-order valence-corrected chi connectivity index (χ3v) is 4.77. The van der Waals surface area contributed by atoms with Gasteiger partial charge >= 0.3 is 6.03 Å². The lowest BCUT2D eigenvalue weighted by atomic mass is 10.2. The number of nitrogens with one attached hydrogen (secondary N) is 3. The van der Waals surface area contributed by atoms with Crippen molar-refractivity contribution in [2.75, 3.05) is 19.0 Å². The summed E-state index contributed by atoms with van der Waals surface area (Å²) in [6.07, 6.45) is 2.32. The molecule has 0 spiro atoms. The molecular formula is C21H23ClN4O5. The molecule has 1 aromatic heterocycles. The molecule has 0 fully saturated rings. The summed E-state index contributed by atoms with van der Waals surface area (Å²) in [5.41, 5.74) is 3.98. The Hall–Kier alpha value is -3.30. The highest BCUT2D eigenvalue weighted by molar-refractivity contribution is 6.31. The van der Waals surface area contributed by atoms with Crippen LogP contribution < -0.4 is 20.9 Å². The van der Waals surface area contributed by atoms with Crippen molar-refractivity contribution >= 4 is 40.3 Å². The summed E-state index contributed by atoms with van der Waals surface area (Å²) in [5, 5.41) is 14.5. The van der Waals surface area contributed by atoms with Gasteiger partial charge in [-0.15, -0.1) is 0 Å². The fourth-order valence-corrected chi connectivity index (χ4v) is 3.14. The molecule has 0 atom stereocenters. The maximum absolute atomic E-state index is 12.3. The van der Waals surface area contributed by atoms with E-state index in [1.54, 1.807) is 41.9 Å². The number of benzene rings is 2. The van der Waals surface area contributed by atoms with Crippen molar-refractivity contribution in [3.8, 4) is 17.2 Å². The topological polar surface area (TPSA) is 126 Å². The van der Waals surface area contributed by atoms with Crippen LogP contribution in [0.3, 0.4) is 0 Å². The quantitative estimate of drug-likeness (QED) is 0.220. The van der Waals surface area contributed by atoms with Crippen LogP contribution in [-0.4, -0.2) is 35.8 Å². The number of halogens is 1. The summed E-state index contributed by atoms with van der Waals surface area (Å²) in [4.78, 5) is 27.7. The van der Waals surface area contributed by atoms with Gasteiger partial charge in [-0.2, -0.15) is 0 Å². The fourth-order valence-electron chi connectivity index (χ4n) is 2.97. The molecule has 9 nitrogen and oxygen atoms in total. The average molecular weight is 447 g/mol. The lowest BCUT2D eigenvalue weighted by Crippen LogP contribution is -2.29. The van der Waals surface area contributed by atoms with E-state index in [9.17, 15) is 9.59 Å². The van der Waals surface area contributed by atoms with Gasteiger partial charge in [0.1, 0.15) is 11.3 Å². The third kappa shape index (κ3) is 6.09. The molecule has 0 bridgehead atoms. The Bertz CT molecular complexity index is 1070. The zero-order valence-corrected chi connectivity index (χ0v) is 17.7. The molecule has 1 heterocycles. The highest BCUT2D eigenvalue weighted by atomic mass is 35.5. The van der Waals surface area contributed by atoms with E-state index in [4.69, 9.17) is 26.0 Å². The van der Waals surface area contributed by atoms with Crippen LogP contribution in [0.4, 0.5) is 10.5 Å². The van der Waals surface area contributed by atoms with E-state index >= 15 is 0 Å². The number of methoxy groups -OCH3 is 1. The normalized spacial score (nSPS) is 10.7. The molecule has 3 aromatic rings. The van der Waals surface area contributed by atoms with Crippen molar-refractivity contribution in [3.05, 3.63) is 41.4 Å². The monoisotopic (exact) mass is 446 g/mol. The highest BCUT2D eigenvalue weighted by Gasteiger charge is 2.13. The first-order valence-corrected chi connectivity index (χ1v) is 10.1. The van der Waals surface area contributed by atoms with Crippen molar-refractivity contribution in [3.63, 3.8) is 0 Å². The predicted octanol–water partition coefficient (Wildman–Crippen LogP) is 4.34. The zero-order chi connectivity index (χ0) is 22.2. The second-order valence-electron chi connectivity index (χ2n) is 6.77. The van der Waals surface area contributed by atoms with Gasteiger partial charge in [0.2, 0.25) is 11.8 Å². The van der Waals surface area contributed by atoms with Gasteiger partial charge in [-0.05, 0) is 49.2 Å². The summed E-state index contributed by atoms with van der Waals surface area (Å²) in [6.45, 7) is 0.445. The van der Waals surface area contributed by atoms with Gasteiger partial charge in [-0.1, -0.05) is 18.0 Å². The van der Waals surface area contributed by atoms with Crippen molar-refractivity contribution in [2.45, 2.75) is 25.7 Å². The lowest BCUT2D eigenvalue weighted by Gasteiger charge is -2.12. The number of aromatic nitrogens is 1. The molecule has 164 valence electrons. The number of carbonyl (C=O) groups is 2. The SMILES string of the molecule is COc1ccc(-c2nc3cc(Cl)ccc3o2)cc1NC(=O)NCCCCCC(=O)NO. The molecule has 4 N–H and O–H groups in total. The average Bonchev–Trinajstić information content (AvgIpc) is 3.19. The van der Waals surface area contributed by atoms with E-state index < -0.39 is 5.91 Å². The zero-order valence-electron chi connectivity index (χ0n) is 16.9. The van der Waals surface area contributed by atoms with E-state index in [0.717, 1.165) is 6.42 Å². The maximum atomic E-state index is 12.3. The van der Waals surface area contributed by atoms with Crippen LogP contribution >= 0.6 is 11.6 Å². The highest BCUT2D eigenvalue weighted by Crippen LogP contribution is 2.32. The van der Waals surface area contributed by atoms with Crippen LogP contribution in [-0.2, 0) is 4.79 Å². The molecule has 0 aliphatic heterocycles. The van der Waals surface area contributed by atoms with Gasteiger partial charge in [-0.3, -0.25) is 10.0 Å². The molecule has 31 heavy (non-hydrogen) atoms. The van der Waals surface area contributed by atoms with Crippen molar-refractivity contribution in [2.24, 2.45) is 0 Å². The molecular weight excluding hydrogens is 424 g/mol. The first kappa shape index (κ1) is 22.4. The number of rotatable bonds is 9. The number of hydrogen-bond donors (Lipinski definition) is 4. The predicted molar refractivity (Wildman–Crippen MR) is 116 cm³/mol. The Morgan fingerprint density at radius 3 is 2.77 bits per heavy atom. The molecule has 0 radical (unpaired) electrons. The first-order chi connectivity index (χ1) is 15.0. The minimum Gasteiger partial charge on any atom is -0.495 e. The molecule has 0 saturated heterocycles. The first-order valence-electron chi connectivity index (χ1n) is 9.72. The molecule has 2 aromatic carbocycles. The minimum atomic E-state index is -0.417. The summed E-state index contributed by atoms with van der Waals surface area (Å²) in [5.74, 6) is 0.475. The second-order valence-corrected chi connectivity index (χ2v) is 7.21. The molecule has 3 rings (SSSR count). The molecule has 0 aliphatic rings. The number of hydrogen-bond acceptors (Lipinski definition) is 6. The van der Waals surface area contributed by atoms with Gasteiger partial charge in [0.25, 0.3) is 0 Å². The number of hydroxylamine groups is 1.